The summed E-state index contributed by atoms with van der Waals surface area (Å²) in [5.41, 5.74) is 20.2. The smallest absolute Gasteiger partial charge is 0.191 e. The van der Waals surface area contributed by atoms with Crippen molar-refractivity contribution in [1.82, 2.24) is 59.4 Å². The fraction of sp³-hybridized carbons (Fsp3) is 0.584. The van der Waals surface area contributed by atoms with Crippen LogP contribution < -0.4 is 0 Å². The molecule has 0 aromatic carbocycles. The summed E-state index contributed by atoms with van der Waals surface area (Å²) in [5.74, 6) is 3.38. The minimum Gasteiger partial charge on any atom is -0.449 e. The molecule has 10 aromatic heterocycles. The number of aliphatic imine (C=N–C) groups is 2. The van der Waals surface area contributed by atoms with E-state index in [9.17, 15) is 0 Å². The highest BCUT2D eigenvalue weighted by Gasteiger charge is 2.26. The monoisotopic (exact) mass is 1760 g/mol. The molecule has 12 heterocycles. The third-order valence-electron chi connectivity index (χ3n) is 18.0. The average molecular weight is 1760 g/mol. The molecule has 0 amide bonds. The van der Waals surface area contributed by atoms with Gasteiger partial charge in [-0.25, -0.2) is 19.9 Å². The summed E-state index contributed by atoms with van der Waals surface area (Å²) in [6.45, 7) is 108. The van der Waals surface area contributed by atoms with Crippen LogP contribution in [0.3, 0.4) is 0 Å². The maximum atomic E-state index is 5.34. The standard InChI is InChI=1S/2C10H15N.C9H14N2.C8H14N2.4C8H13NO.4C8H13NS/c1-5-9-8(6-7-11-9)10(2,3)4;1-5-8-6-7-9(11-8)10(2,3)4;1-5-7-6-8(11-10-7)9(2,3)4;1-6-5-7(10-9-6)8(2,3)4;1-6-9-7(5-10-6)8(2,3)4;1-6-9-5-7(10-6)8(2,3)4;1-6-7(5-10-9-6)8(2,3)4;1-6-5-7(10-9-6)8(2,3)4;1-6-9-7(5-10-6)8(2,3)4;1-6-9-5-7(10-6)8(2,3)4;1-6-7(5-10-9-6)8(2,3)4;1-6-5-7(10-9-6)8(2,3)4/h5-6H,1,7H2,2-4H3;5,7H,1,6H2,2-4H3;5-6H,1H2,2-4H3,(H,10,11);5H,1-4H3,(H,9,10);8*5H,1-4H3. The van der Waals surface area contributed by atoms with Gasteiger partial charge in [0.25, 0.3) is 0 Å². The predicted octanol–water partition coefficient (Wildman–Crippen LogP) is 30.0. The van der Waals surface area contributed by atoms with E-state index in [0.29, 0.717) is 0 Å². The first-order valence-electron chi connectivity index (χ1n) is 42.6. The van der Waals surface area contributed by atoms with E-state index in [1.807, 2.05) is 85.9 Å². The van der Waals surface area contributed by atoms with Crippen molar-refractivity contribution in [3.8, 4) is 0 Å². The van der Waals surface area contributed by atoms with E-state index in [4.69, 9.17) is 17.9 Å². The van der Waals surface area contributed by atoms with E-state index >= 15 is 0 Å². The van der Waals surface area contributed by atoms with Gasteiger partial charge in [0.2, 0.25) is 0 Å². The summed E-state index contributed by atoms with van der Waals surface area (Å²) in [5, 5.41) is 28.3. The number of oxazole rings is 2. The number of hydrogen-bond acceptors (Lipinski definition) is 20. The third-order valence-corrected chi connectivity index (χ3v) is 22.2. The van der Waals surface area contributed by atoms with Crippen LogP contribution in [0.2, 0.25) is 0 Å². The number of hydrogen-bond donors (Lipinski definition) is 2. The zero-order valence-corrected chi connectivity index (χ0v) is 88.1. The van der Waals surface area contributed by atoms with Crippen molar-refractivity contribution in [2.75, 3.05) is 6.54 Å². The number of thiazole rings is 2. The summed E-state index contributed by atoms with van der Waals surface area (Å²) in [6, 6.07) is 8.23. The van der Waals surface area contributed by atoms with E-state index in [0.717, 1.165) is 103 Å². The zero-order chi connectivity index (χ0) is 95.4. The van der Waals surface area contributed by atoms with Gasteiger partial charge in [0.15, 0.2) is 11.8 Å². The molecular weight excluding hydrogens is 1600 g/mol. The predicted molar refractivity (Wildman–Crippen MR) is 531 cm³/mol. The van der Waals surface area contributed by atoms with Crippen LogP contribution in [0.4, 0.5) is 0 Å². The van der Waals surface area contributed by atoms with Gasteiger partial charge in [-0.1, -0.05) is 291 Å². The molecule has 12 rings (SSSR count). The quantitative estimate of drug-likeness (QED) is 0.167. The van der Waals surface area contributed by atoms with E-state index in [1.165, 1.54) is 43.5 Å². The Balaban J connectivity index is 0.000000671. The van der Waals surface area contributed by atoms with Crippen molar-refractivity contribution >= 4 is 63.2 Å². The second-order valence-corrected chi connectivity index (χ2v) is 47.0. The number of H-pyrrole nitrogens is 2. The maximum absolute atomic E-state index is 5.34. The Morgan fingerprint density at radius 1 is 0.439 bits per heavy atom. The van der Waals surface area contributed by atoms with Crippen LogP contribution in [0.5, 0.6) is 0 Å². The molecule has 0 unspecified atom stereocenters. The number of rotatable bonds is 3. The maximum Gasteiger partial charge on any atom is 0.191 e. The summed E-state index contributed by atoms with van der Waals surface area (Å²) in [6.07, 6.45) is 17.9. The lowest BCUT2D eigenvalue weighted by atomic mass is 9.84. The second-order valence-electron chi connectivity index (χ2n) is 43.3. The normalized spacial score (nSPS) is 13.0. The highest BCUT2D eigenvalue weighted by Crippen LogP contribution is 2.34. The van der Waals surface area contributed by atoms with Gasteiger partial charge in [-0.2, -0.15) is 18.9 Å². The van der Waals surface area contributed by atoms with Gasteiger partial charge in [-0.3, -0.25) is 20.2 Å². The van der Waals surface area contributed by atoms with Crippen molar-refractivity contribution in [3.63, 3.8) is 0 Å². The number of aryl methyl sites for hydroxylation is 9. The average Bonchev–Trinajstić information content (AvgIpc) is 1.72. The van der Waals surface area contributed by atoms with E-state index < -0.39 is 0 Å². The molecule has 2 aliphatic rings. The molecule has 0 fully saturated rings. The van der Waals surface area contributed by atoms with Crippen LogP contribution >= 0.6 is 45.7 Å². The molecule has 0 radical (unpaired) electrons. The van der Waals surface area contributed by atoms with Gasteiger partial charge in [0, 0.05) is 119 Å². The van der Waals surface area contributed by atoms with Crippen molar-refractivity contribution in [1.29, 1.82) is 0 Å². The lowest BCUT2D eigenvalue weighted by Crippen LogP contribution is -2.14. The lowest BCUT2D eigenvalue weighted by Gasteiger charge is -2.20. The fourth-order valence-corrected chi connectivity index (χ4v) is 13.7. The second kappa shape index (κ2) is 47.4. The number of aromatic nitrogens is 12. The largest absolute Gasteiger partial charge is 0.449 e. The van der Waals surface area contributed by atoms with E-state index in [2.05, 4.69) is 380 Å². The fourth-order valence-electron chi connectivity index (χ4n) is 10.3. The van der Waals surface area contributed by atoms with Crippen LogP contribution in [0.25, 0.3) is 6.08 Å². The highest BCUT2D eigenvalue weighted by atomic mass is 32.1. The first kappa shape index (κ1) is 113. The van der Waals surface area contributed by atoms with E-state index in [-0.39, 0.29) is 65.0 Å². The molecule has 0 spiro atoms. The molecule has 0 saturated heterocycles. The summed E-state index contributed by atoms with van der Waals surface area (Å²) in [4.78, 5) is 28.3. The molecule has 0 saturated carbocycles. The molecule has 684 valence electrons. The van der Waals surface area contributed by atoms with Crippen molar-refractivity contribution < 1.29 is 17.9 Å². The molecule has 2 N–H and O–H groups in total. The molecule has 18 nitrogen and oxygen atoms in total. The van der Waals surface area contributed by atoms with Gasteiger partial charge in [0.05, 0.1) is 74.0 Å². The van der Waals surface area contributed by atoms with Crippen LogP contribution in [0.15, 0.2) is 143 Å². The number of nitrogens with zero attached hydrogens (tertiary/aromatic N) is 12. The number of aromatic amines is 2. The van der Waals surface area contributed by atoms with Gasteiger partial charge >= 0.3 is 0 Å². The Morgan fingerprint density at radius 2 is 1.01 bits per heavy atom. The number of nitrogens with one attached hydrogen (secondary N) is 2. The minimum atomic E-state index is 0.0846. The Bertz CT molecular complexity index is 4340. The van der Waals surface area contributed by atoms with Crippen molar-refractivity contribution in [2.45, 2.75) is 372 Å². The van der Waals surface area contributed by atoms with Crippen LogP contribution in [0.1, 0.15) is 367 Å². The molecule has 123 heavy (non-hydrogen) atoms. The molecule has 0 atom stereocenters. The topological polar surface area (TPSA) is 238 Å². The first-order valence-corrected chi connectivity index (χ1v) is 45.9. The lowest BCUT2D eigenvalue weighted by molar-refractivity contribution is 0.327. The van der Waals surface area contributed by atoms with Crippen LogP contribution in [0, 0.1) is 73.1 Å². The zero-order valence-electron chi connectivity index (χ0n) is 84.8. The van der Waals surface area contributed by atoms with Crippen LogP contribution in [-0.2, 0) is 54.1 Å². The molecule has 22 heteroatoms. The van der Waals surface area contributed by atoms with Gasteiger partial charge in [-0.15, -0.1) is 22.7 Å². The van der Waals surface area contributed by atoms with Gasteiger partial charge in [-0.05, 0) is 146 Å². The summed E-state index contributed by atoms with van der Waals surface area (Å²) in [7, 11) is 0. The summed E-state index contributed by atoms with van der Waals surface area (Å²) >= 11 is 6.65. The van der Waals surface area contributed by atoms with Crippen LogP contribution in [-0.4, -0.2) is 77.4 Å². The van der Waals surface area contributed by atoms with Crippen molar-refractivity contribution in [3.05, 3.63) is 226 Å². The molecular formula is C101H162N14O4S4. The molecule has 10 aromatic rings. The third kappa shape index (κ3) is 43.5. The Hall–Kier alpha value is -8.18. The molecule has 0 bridgehead atoms. The first-order chi connectivity index (χ1) is 55.7. The Morgan fingerprint density at radius 3 is 1.24 bits per heavy atom. The Kier molecular flexibility index (Phi) is 43.5. The van der Waals surface area contributed by atoms with E-state index in [1.54, 1.807) is 70.5 Å². The van der Waals surface area contributed by atoms with Gasteiger partial charge < -0.3 is 17.9 Å². The summed E-state index contributed by atoms with van der Waals surface area (Å²) < 4.78 is 28.8. The Labute approximate surface area is 761 Å². The minimum absolute atomic E-state index is 0.0846. The number of allylic oxidation sites excluding steroid dienone is 5. The molecule has 2 aliphatic heterocycles. The SMILES string of the molecule is C=CC1=NC(C(C)(C)C)=CC1.C=CC1=NCC=C1C(C)(C)C.C=Cc1cc(C(C)(C)C)[nH]n1.Cc1cc(C(C)(C)C)n[nH]1.Cc1cc(C(C)(C)C)on1.Cc1cc(C(C)(C)C)sn1.Cc1nc(C(C)(C)C)co1.Cc1nc(C(C)(C)C)cs1.Cc1ncc(C(C)(C)C)o1.Cc1ncc(C(C)(C)C)s1.Cc1nocc1C(C)(C)C.Cc1nscc1C(C)(C)C. The molecule has 0 aliphatic carbocycles. The van der Waals surface area contributed by atoms with Crippen molar-refractivity contribution in [2.24, 2.45) is 20.8 Å². The highest BCUT2D eigenvalue weighted by molar-refractivity contribution is 7.11. The van der Waals surface area contributed by atoms with Gasteiger partial charge in [0.1, 0.15) is 24.0 Å².